The van der Waals surface area contributed by atoms with Crippen LogP contribution >= 0.6 is 0 Å². The molecular weight excluding hydrogens is 258 g/mol. The number of nitrogens with zero attached hydrogens (tertiary/aromatic N) is 2. The van der Waals surface area contributed by atoms with Gasteiger partial charge in [-0.05, 0) is 49.9 Å². The maximum absolute atomic E-state index is 5.93. The molecular formula is C18H23N3. The van der Waals surface area contributed by atoms with E-state index in [-0.39, 0.29) is 0 Å². The van der Waals surface area contributed by atoms with Crippen LogP contribution in [0, 0.1) is 0 Å². The summed E-state index contributed by atoms with van der Waals surface area (Å²) in [5.41, 5.74) is 10.7. The molecule has 1 atom stereocenters. The number of pyridine rings is 1. The van der Waals surface area contributed by atoms with Crippen molar-refractivity contribution >= 4 is 5.69 Å². The van der Waals surface area contributed by atoms with E-state index < -0.39 is 0 Å². The number of rotatable bonds is 4. The Bertz CT molecular complexity index is 595. The minimum absolute atomic E-state index is 0.452. The van der Waals surface area contributed by atoms with Crippen LogP contribution in [0.4, 0.5) is 5.69 Å². The fraction of sp³-hybridized carbons (Fsp3) is 0.389. The van der Waals surface area contributed by atoms with E-state index in [1.165, 1.54) is 29.7 Å². The third kappa shape index (κ3) is 3.24. The normalized spacial score (nSPS) is 17.7. The van der Waals surface area contributed by atoms with E-state index in [0.29, 0.717) is 6.04 Å². The maximum Gasteiger partial charge on any atom is 0.0504 e. The second-order valence-corrected chi connectivity index (χ2v) is 5.93. The van der Waals surface area contributed by atoms with Crippen LogP contribution < -0.4 is 5.73 Å². The molecule has 3 nitrogen and oxygen atoms in total. The summed E-state index contributed by atoms with van der Waals surface area (Å²) >= 11 is 0. The van der Waals surface area contributed by atoms with Crippen LogP contribution in [0.2, 0.25) is 0 Å². The Hall–Kier alpha value is -1.87. The molecule has 0 fully saturated rings. The summed E-state index contributed by atoms with van der Waals surface area (Å²) in [6, 6.07) is 13.2. The van der Waals surface area contributed by atoms with Gasteiger partial charge in [-0.15, -0.1) is 0 Å². The molecule has 3 heteroatoms. The van der Waals surface area contributed by atoms with Crippen LogP contribution in [-0.2, 0) is 12.8 Å². The number of hydrogen-bond acceptors (Lipinski definition) is 3. The molecule has 110 valence electrons. The van der Waals surface area contributed by atoms with Crippen molar-refractivity contribution in [1.29, 1.82) is 0 Å². The van der Waals surface area contributed by atoms with Crippen LogP contribution in [-0.4, -0.2) is 23.5 Å². The van der Waals surface area contributed by atoms with Gasteiger partial charge < -0.3 is 5.73 Å². The molecule has 21 heavy (non-hydrogen) atoms. The van der Waals surface area contributed by atoms with E-state index in [2.05, 4.69) is 53.3 Å². The van der Waals surface area contributed by atoms with Crippen LogP contribution in [0.25, 0.3) is 0 Å². The SMILES string of the molecule is CN(CCc1ccccc1)C1CCCc2ncc(N)cc21. The molecule has 0 spiro atoms. The highest BCUT2D eigenvalue weighted by molar-refractivity contribution is 5.42. The van der Waals surface area contributed by atoms with E-state index in [9.17, 15) is 0 Å². The Morgan fingerprint density at radius 3 is 2.90 bits per heavy atom. The van der Waals surface area contributed by atoms with Crippen molar-refractivity contribution in [2.45, 2.75) is 31.7 Å². The maximum atomic E-state index is 5.93. The van der Waals surface area contributed by atoms with E-state index >= 15 is 0 Å². The standard InChI is InChI=1S/C18H23N3/c1-21(11-10-14-6-3-2-4-7-14)18-9-5-8-17-16(18)12-15(19)13-20-17/h2-4,6-7,12-13,18H,5,8-11,19H2,1H3. The fourth-order valence-corrected chi connectivity index (χ4v) is 3.21. The molecule has 0 saturated heterocycles. The minimum Gasteiger partial charge on any atom is -0.397 e. The summed E-state index contributed by atoms with van der Waals surface area (Å²) in [5.74, 6) is 0. The Balaban J connectivity index is 1.71. The van der Waals surface area contributed by atoms with Crippen molar-refractivity contribution in [3.8, 4) is 0 Å². The summed E-state index contributed by atoms with van der Waals surface area (Å²) in [6.45, 7) is 1.06. The number of hydrogen-bond donors (Lipinski definition) is 1. The minimum atomic E-state index is 0.452. The molecule has 0 aliphatic heterocycles. The van der Waals surface area contributed by atoms with E-state index in [4.69, 9.17) is 5.73 Å². The number of nitrogens with two attached hydrogens (primary N) is 1. The van der Waals surface area contributed by atoms with Crippen LogP contribution in [0.15, 0.2) is 42.6 Å². The van der Waals surface area contributed by atoms with Crippen molar-refractivity contribution in [2.75, 3.05) is 19.3 Å². The van der Waals surface area contributed by atoms with Gasteiger partial charge in [-0.25, -0.2) is 0 Å². The van der Waals surface area contributed by atoms with Gasteiger partial charge in [0.15, 0.2) is 0 Å². The Morgan fingerprint density at radius 2 is 2.10 bits per heavy atom. The van der Waals surface area contributed by atoms with Gasteiger partial charge in [-0.1, -0.05) is 30.3 Å². The topological polar surface area (TPSA) is 42.2 Å². The van der Waals surface area contributed by atoms with E-state index in [0.717, 1.165) is 25.1 Å². The first-order chi connectivity index (χ1) is 10.2. The number of anilines is 1. The number of aromatic nitrogens is 1. The third-order valence-corrected chi connectivity index (χ3v) is 4.40. The Labute approximate surface area is 126 Å². The van der Waals surface area contributed by atoms with Gasteiger partial charge in [0.05, 0.1) is 11.9 Å². The molecule has 1 aromatic heterocycles. The zero-order valence-electron chi connectivity index (χ0n) is 12.6. The monoisotopic (exact) mass is 281 g/mol. The molecule has 1 heterocycles. The number of fused-ring (bicyclic) bond motifs is 1. The lowest BCUT2D eigenvalue weighted by atomic mass is 9.90. The van der Waals surface area contributed by atoms with Crippen molar-refractivity contribution in [3.63, 3.8) is 0 Å². The summed E-state index contributed by atoms with van der Waals surface area (Å²) in [4.78, 5) is 6.97. The van der Waals surface area contributed by atoms with E-state index in [1.54, 1.807) is 6.20 Å². The summed E-state index contributed by atoms with van der Waals surface area (Å²) in [7, 11) is 2.21. The second kappa shape index (κ2) is 6.27. The third-order valence-electron chi connectivity index (χ3n) is 4.40. The van der Waals surface area contributed by atoms with Crippen molar-refractivity contribution < 1.29 is 0 Å². The van der Waals surface area contributed by atoms with E-state index in [1.807, 2.05) is 0 Å². The van der Waals surface area contributed by atoms with Gasteiger partial charge in [-0.3, -0.25) is 9.88 Å². The molecule has 0 bridgehead atoms. The van der Waals surface area contributed by atoms with Crippen molar-refractivity contribution in [3.05, 3.63) is 59.4 Å². The van der Waals surface area contributed by atoms with Gasteiger partial charge in [-0.2, -0.15) is 0 Å². The number of nitrogen functional groups attached to an aromatic ring is 1. The van der Waals surface area contributed by atoms with Gasteiger partial charge in [0.1, 0.15) is 0 Å². The van der Waals surface area contributed by atoms with Gasteiger partial charge in [0.2, 0.25) is 0 Å². The van der Waals surface area contributed by atoms with Gasteiger partial charge in [0, 0.05) is 18.3 Å². The highest BCUT2D eigenvalue weighted by Crippen LogP contribution is 2.33. The first kappa shape index (κ1) is 14.1. The average Bonchev–Trinajstić information content (AvgIpc) is 2.53. The summed E-state index contributed by atoms with van der Waals surface area (Å²) < 4.78 is 0. The van der Waals surface area contributed by atoms with Crippen molar-refractivity contribution in [1.82, 2.24) is 9.88 Å². The zero-order chi connectivity index (χ0) is 14.7. The lowest BCUT2D eigenvalue weighted by Gasteiger charge is -2.33. The smallest absolute Gasteiger partial charge is 0.0504 e. The summed E-state index contributed by atoms with van der Waals surface area (Å²) in [5, 5.41) is 0. The predicted octanol–water partition coefficient (Wildman–Crippen LogP) is 3.22. The average molecular weight is 281 g/mol. The quantitative estimate of drug-likeness (QED) is 0.935. The molecule has 1 aliphatic rings. The summed E-state index contributed by atoms with van der Waals surface area (Å²) in [6.07, 6.45) is 6.36. The first-order valence-electron chi connectivity index (χ1n) is 7.72. The largest absolute Gasteiger partial charge is 0.397 e. The molecule has 0 amide bonds. The Morgan fingerprint density at radius 1 is 1.29 bits per heavy atom. The molecule has 0 radical (unpaired) electrons. The van der Waals surface area contributed by atoms with Crippen LogP contribution in [0.1, 0.15) is 35.7 Å². The number of benzene rings is 1. The number of aryl methyl sites for hydroxylation is 1. The van der Waals surface area contributed by atoms with Gasteiger partial charge >= 0.3 is 0 Å². The molecule has 2 aromatic rings. The lowest BCUT2D eigenvalue weighted by Crippen LogP contribution is -2.30. The van der Waals surface area contributed by atoms with Crippen LogP contribution in [0.3, 0.4) is 0 Å². The highest BCUT2D eigenvalue weighted by Gasteiger charge is 2.24. The number of likely N-dealkylation sites (N-methyl/N-ethyl adjacent to an activating group) is 1. The van der Waals surface area contributed by atoms with Gasteiger partial charge in [0.25, 0.3) is 0 Å². The first-order valence-corrected chi connectivity index (χ1v) is 7.72. The molecule has 3 rings (SSSR count). The lowest BCUT2D eigenvalue weighted by molar-refractivity contribution is 0.223. The molecule has 2 N–H and O–H groups in total. The predicted molar refractivity (Wildman–Crippen MR) is 87.1 cm³/mol. The second-order valence-electron chi connectivity index (χ2n) is 5.93. The van der Waals surface area contributed by atoms with Crippen LogP contribution in [0.5, 0.6) is 0 Å². The van der Waals surface area contributed by atoms with Crippen molar-refractivity contribution in [2.24, 2.45) is 0 Å². The molecule has 1 aliphatic carbocycles. The molecule has 0 saturated carbocycles. The molecule has 1 unspecified atom stereocenters. The zero-order valence-corrected chi connectivity index (χ0v) is 12.6. The fourth-order valence-electron chi connectivity index (χ4n) is 3.21. The highest BCUT2D eigenvalue weighted by atomic mass is 15.1. The Kier molecular flexibility index (Phi) is 4.20. The molecule has 1 aromatic carbocycles.